The van der Waals surface area contributed by atoms with Crippen LogP contribution in [-0.2, 0) is 6.18 Å². The van der Waals surface area contributed by atoms with Crippen molar-refractivity contribution in [1.29, 1.82) is 0 Å². The van der Waals surface area contributed by atoms with Crippen LogP contribution in [0, 0.1) is 11.6 Å². The molecule has 0 saturated carbocycles. The highest BCUT2D eigenvalue weighted by molar-refractivity contribution is 6.00. The summed E-state index contributed by atoms with van der Waals surface area (Å²) in [6, 6.07) is 5.05. The summed E-state index contributed by atoms with van der Waals surface area (Å²) in [5.74, 6) is -2.69. The molecule has 0 radical (unpaired) electrons. The quantitative estimate of drug-likeness (QED) is 0.499. The molecule has 0 bridgehead atoms. The number of carbonyl (C=O) groups excluding carboxylic acids is 1. The first kappa shape index (κ1) is 23.5. The number of aromatic nitrogens is 3. The summed E-state index contributed by atoms with van der Waals surface area (Å²) in [6.07, 6.45) is -1.08. The Morgan fingerprint density at radius 1 is 1.12 bits per heavy atom. The van der Waals surface area contributed by atoms with Gasteiger partial charge < -0.3 is 9.64 Å². The molecule has 1 amide bonds. The summed E-state index contributed by atoms with van der Waals surface area (Å²) in [7, 11) is 0. The first-order valence-corrected chi connectivity index (χ1v) is 10.4. The van der Waals surface area contributed by atoms with Crippen LogP contribution in [0.5, 0.6) is 5.88 Å². The van der Waals surface area contributed by atoms with Crippen molar-refractivity contribution in [2.24, 2.45) is 0 Å². The number of pyridine rings is 1. The lowest BCUT2D eigenvalue weighted by atomic mass is 9.97. The second-order valence-electron chi connectivity index (χ2n) is 7.81. The van der Waals surface area contributed by atoms with Crippen LogP contribution >= 0.6 is 0 Å². The normalized spacial score (nSPS) is 18.6. The molecule has 1 saturated heterocycles. The molecule has 3 aromatic rings. The lowest BCUT2D eigenvalue weighted by Crippen LogP contribution is -2.51. The number of likely N-dealkylation sites (tertiary alicyclic amines) is 1. The molecular weight excluding hydrogens is 459 g/mol. The minimum Gasteiger partial charge on any atom is -0.470 e. The first-order chi connectivity index (χ1) is 16.1. The predicted molar refractivity (Wildman–Crippen MR) is 111 cm³/mol. The average Bonchev–Trinajstić information content (AvgIpc) is 2.81. The zero-order chi connectivity index (χ0) is 24.5. The van der Waals surface area contributed by atoms with E-state index in [2.05, 4.69) is 15.0 Å². The molecule has 1 aliphatic heterocycles. The summed E-state index contributed by atoms with van der Waals surface area (Å²) in [6.45, 7) is 2.00. The van der Waals surface area contributed by atoms with Crippen LogP contribution in [0.4, 0.5) is 22.0 Å². The summed E-state index contributed by atoms with van der Waals surface area (Å²) < 4.78 is 72.2. The Morgan fingerprint density at radius 3 is 2.53 bits per heavy atom. The minimum atomic E-state index is -4.74. The van der Waals surface area contributed by atoms with Crippen LogP contribution in [0.2, 0.25) is 0 Å². The van der Waals surface area contributed by atoms with E-state index in [0.717, 1.165) is 6.07 Å². The van der Waals surface area contributed by atoms with Crippen molar-refractivity contribution in [1.82, 2.24) is 19.9 Å². The zero-order valence-corrected chi connectivity index (χ0v) is 17.9. The third-order valence-corrected chi connectivity index (χ3v) is 5.59. The van der Waals surface area contributed by atoms with Gasteiger partial charge >= 0.3 is 6.18 Å². The van der Waals surface area contributed by atoms with Gasteiger partial charge in [-0.2, -0.15) is 13.2 Å². The highest BCUT2D eigenvalue weighted by Crippen LogP contribution is 2.32. The van der Waals surface area contributed by atoms with Crippen molar-refractivity contribution >= 4 is 5.91 Å². The molecule has 1 fully saturated rings. The standard InChI is InChI=1S/C23H19F5N4O2/c1-13-19(34-21-18(25)10-14(12-31-21)23(26,27)28)4-2-9-32(13)22(33)17-11-15(24)5-6-16(17)20-29-7-3-8-30-20/h3,5-8,10-13,19H,2,4,9H2,1H3. The Balaban J connectivity index is 1.58. The molecule has 6 nitrogen and oxygen atoms in total. The fraction of sp³-hybridized carbons (Fsp3) is 0.304. The van der Waals surface area contributed by atoms with E-state index in [0.29, 0.717) is 37.2 Å². The fourth-order valence-electron chi connectivity index (χ4n) is 3.84. The summed E-state index contributed by atoms with van der Waals surface area (Å²) in [5, 5.41) is 0. The van der Waals surface area contributed by atoms with E-state index in [-0.39, 0.29) is 11.4 Å². The minimum absolute atomic E-state index is 0.0533. The number of hydrogen-bond donors (Lipinski definition) is 0. The topological polar surface area (TPSA) is 68.2 Å². The largest absolute Gasteiger partial charge is 0.470 e. The molecule has 4 rings (SSSR count). The molecule has 178 valence electrons. The number of ether oxygens (including phenoxy) is 1. The zero-order valence-electron chi connectivity index (χ0n) is 17.9. The molecule has 1 aliphatic rings. The second-order valence-corrected chi connectivity index (χ2v) is 7.81. The van der Waals surface area contributed by atoms with E-state index >= 15 is 0 Å². The highest BCUT2D eigenvalue weighted by Gasteiger charge is 2.36. The van der Waals surface area contributed by atoms with Gasteiger partial charge in [0.25, 0.3) is 11.8 Å². The Hall–Kier alpha value is -3.63. The maximum Gasteiger partial charge on any atom is 0.417 e. The lowest BCUT2D eigenvalue weighted by Gasteiger charge is -2.39. The third kappa shape index (κ3) is 4.82. The molecule has 34 heavy (non-hydrogen) atoms. The molecule has 3 heterocycles. The van der Waals surface area contributed by atoms with Gasteiger partial charge in [-0.05, 0) is 50.1 Å². The molecule has 2 atom stereocenters. The van der Waals surface area contributed by atoms with Crippen LogP contribution in [-0.4, -0.2) is 44.4 Å². The number of benzene rings is 1. The highest BCUT2D eigenvalue weighted by atomic mass is 19.4. The van der Waals surface area contributed by atoms with E-state index in [4.69, 9.17) is 4.74 Å². The van der Waals surface area contributed by atoms with Gasteiger partial charge in [-0.25, -0.2) is 23.7 Å². The lowest BCUT2D eigenvalue weighted by molar-refractivity contribution is -0.138. The maximum atomic E-state index is 14.2. The molecule has 0 N–H and O–H groups in total. The van der Waals surface area contributed by atoms with Crippen LogP contribution in [0.15, 0.2) is 48.9 Å². The van der Waals surface area contributed by atoms with Gasteiger partial charge in [0, 0.05) is 30.7 Å². The fourth-order valence-corrected chi connectivity index (χ4v) is 3.84. The molecule has 0 aliphatic carbocycles. The number of alkyl halides is 3. The van der Waals surface area contributed by atoms with E-state index in [1.165, 1.54) is 29.4 Å². The molecule has 0 spiro atoms. The first-order valence-electron chi connectivity index (χ1n) is 10.4. The Bertz CT molecular complexity index is 1190. The van der Waals surface area contributed by atoms with Crippen LogP contribution in [0.1, 0.15) is 35.7 Å². The third-order valence-electron chi connectivity index (χ3n) is 5.59. The van der Waals surface area contributed by atoms with Crippen molar-refractivity contribution in [3.8, 4) is 17.3 Å². The number of carbonyl (C=O) groups is 1. The van der Waals surface area contributed by atoms with Gasteiger partial charge in [0.15, 0.2) is 11.6 Å². The van der Waals surface area contributed by atoms with Gasteiger partial charge in [-0.1, -0.05) is 0 Å². The number of rotatable bonds is 4. The number of amides is 1. The molecule has 2 unspecified atom stereocenters. The number of piperidine rings is 1. The predicted octanol–water partition coefficient (Wildman–Crippen LogP) is 4.91. The van der Waals surface area contributed by atoms with Crippen LogP contribution < -0.4 is 4.74 Å². The van der Waals surface area contributed by atoms with Gasteiger partial charge in [-0.15, -0.1) is 0 Å². The van der Waals surface area contributed by atoms with Gasteiger partial charge in [0.1, 0.15) is 11.9 Å². The summed E-state index contributed by atoms with van der Waals surface area (Å²) >= 11 is 0. The number of nitrogens with zero attached hydrogens (tertiary/aromatic N) is 4. The van der Waals surface area contributed by atoms with Gasteiger partial charge in [-0.3, -0.25) is 4.79 Å². The van der Waals surface area contributed by atoms with E-state index in [1.807, 2.05) is 0 Å². The Kier molecular flexibility index (Phi) is 6.45. The maximum absolute atomic E-state index is 14.2. The molecular formula is C23H19F5N4O2. The van der Waals surface area contributed by atoms with Crippen molar-refractivity contribution in [3.05, 3.63) is 71.7 Å². The van der Waals surface area contributed by atoms with Crippen LogP contribution in [0.25, 0.3) is 11.4 Å². The summed E-state index contributed by atoms with van der Waals surface area (Å²) in [5.41, 5.74) is -0.831. The average molecular weight is 478 g/mol. The summed E-state index contributed by atoms with van der Waals surface area (Å²) in [4.78, 5) is 26.6. The SMILES string of the molecule is CC1C(Oc2ncc(C(F)(F)F)cc2F)CCCN1C(=O)c1cc(F)ccc1-c1ncccn1. The van der Waals surface area contributed by atoms with Crippen molar-refractivity contribution in [3.63, 3.8) is 0 Å². The van der Waals surface area contributed by atoms with E-state index in [9.17, 15) is 26.7 Å². The Labute approximate surface area is 191 Å². The Morgan fingerprint density at radius 2 is 1.85 bits per heavy atom. The van der Waals surface area contributed by atoms with Gasteiger partial charge in [0.2, 0.25) is 0 Å². The second kappa shape index (κ2) is 9.32. The van der Waals surface area contributed by atoms with Crippen molar-refractivity contribution in [2.45, 2.75) is 38.1 Å². The van der Waals surface area contributed by atoms with Gasteiger partial charge in [0.05, 0.1) is 17.2 Å². The number of hydrogen-bond acceptors (Lipinski definition) is 5. The molecule has 2 aromatic heterocycles. The van der Waals surface area contributed by atoms with Crippen molar-refractivity contribution < 1.29 is 31.5 Å². The molecule has 1 aromatic carbocycles. The monoisotopic (exact) mass is 478 g/mol. The van der Waals surface area contributed by atoms with E-state index in [1.54, 1.807) is 13.0 Å². The van der Waals surface area contributed by atoms with Crippen molar-refractivity contribution in [2.75, 3.05) is 6.54 Å². The van der Waals surface area contributed by atoms with Crippen LogP contribution in [0.3, 0.4) is 0 Å². The number of halogens is 5. The molecule has 11 heteroatoms. The smallest absolute Gasteiger partial charge is 0.417 e. The van der Waals surface area contributed by atoms with E-state index < -0.39 is 47.3 Å².